The number of nitrogens with one attached hydrogen (secondary N) is 1. The van der Waals surface area contributed by atoms with E-state index in [-0.39, 0.29) is 17.5 Å². The van der Waals surface area contributed by atoms with E-state index in [0.717, 1.165) is 17.9 Å². The van der Waals surface area contributed by atoms with Crippen LogP contribution in [0.15, 0.2) is 18.2 Å². The van der Waals surface area contributed by atoms with E-state index >= 15 is 0 Å². The fourth-order valence-electron chi connectivity index (χ4n) is 2.63. The molecule has 0 radical (unpaired) electrons. The monoisotopic (exact) mass is 262 g/mol. The normalized spacial score (nSPS) is 24.3. The molecule has 19 heavy (non-hydrogen) atoms. The van der Waals surface area contributed by atoms with Gasteiger partial charge in [0.2, 0.25) is 0 Å². The van der Waals surface area contributed by atoms with Crippen molar-refractivity contribution in [1.82, 2.24) is 0 Å². The topological polar surface area (TPSA) is 89.9 Å². The van der Waals surface area contributed by atoms with E-state index < -0.39 is 11.9 Å². The van der Waals surface area contributed by atoms with Gasteiger partial charge in [-0.3, -0.25) is 4.79 Å². The van der Waals surface area contributed by atoms with Crippen molar-refractivity contribution >= 4 is 23.3 Å². The number of rotatable bonds is 3. The van der Waals surface area contributed by atoms with E-state index in [0.29, 0.717) is 13.0 Å². The van der Waals surface area contributed by atoms with Gasteiger partial charge >= 0.3 is 11.9 Å². The second-order valence-corrected chi connectivity index (χ2v) is 4.91. The summed E-state index contributed by atoms with van der Waals surface area (Å²) in [5, 5.41) is 21.1. The number of hydrogen-bond acceptors (Lipinski definition) is 4. The van der Waals surface area contributed by atoms with E-state index in [2.05, 4.69) is 10.2 Å². The van der Waals surface area contributed by atoms with Crippen LogP contribution in [0.25, 0.3) is 0 Å². The van der Waals surface area contributed by atoms with Crippen molar-refractivity contribution in [2.45, 2.75) is 12.5 Å². The Morgan fingerprint density at radius 1 is 1.32 bits per heavy atom. The molecule has 100 valence electrons. The van der Waals surface area contributed by atoms with Gasteiger partial charge in [0.05, 0.1) is 22.9 Å². The zero-order valence-corrected chi connectivity index (χ0v) is 10.2. The summed E-state index contributed by atoms with van der Waals surface area (Å²) in [5.41, 5.74) is 1.89. The predicted octanol–water partition coefficient (Wildman–Crippen LogP) is 1.09. The molecule has 1 aliphatic heterocycles. The molecule has 1 fully saturated rings. The first-order valence-corrected chi connectivity index (χ1v) is 6.18. The fourth-order valence-corrected chi connectivity index (χ4v) is 2.63. The molecule has 1 saturated carbocycles. The van der Waals surface area contributed by atoms with Gasteiger partial charge in [-0.2, -0.15) is 0 Å². The minimum atomic E-state index is -0.962. The Kier molecular flexibility index (Phi) is 2.58. The van der Waals surface area contributed by atoms with Crippen molar-refractivity contribution in [3.05, 3.63) is 23.8 Å². The van der Waals surface area contributed by atoms with Gasteiger partial charge in [0.15, 0.2) is 0 Å². The average molecular weight is 262 g/mol. The summed E-state index contributed by atoms with van der Waals surface area (Å²) >= 11 is 0. The number of nitrogens with zero attached hydrogens (tertiary/aromatic N) is 1. The molecule has 3 rings (SSSR count). The Hall–Kier alpha value is -2.24. The van der Waals surface area contributed by atoms with E-state index in [1.54, 1.807) is 18.2 Å². The van der Waals surface area contributed by atoms with Crippen LogP contribution in [0.3, 0.4) is 0 Å². The van der Waals surface area contributed by atoms with Gasteiger partial charge in [0.25, 0.3) is 0 Å². The van der Waals surface area contributed by atoms with E-state index in [1.807, 2.05) is 0 Å². The lowest BCUT2D eigenvalue weighted by Crippen LogP contribution is -2.37. The maximum absolute atomic E-state index is 11.0. The van der Waals surface area contributed by atoms with Crippen LogP contribution in [0, 0.1) is 5.92 Å². The molecule has 0 aromatic heterocycles. The van der Waals surface area contributed by atoms with Crippen molar-refractivity contribution in [2.75, 3.05) is 23.3 Å². The molecule has 6 heteroatoms. The Bertz CT molecular complexity index is 558. The lowest BCUT2D eigenvalue weighted by molar-refractivity contribution is -0.138. The Morgan fingerprint density at radius 2 is 2.11 bits per heavy atom. The quantitative estimate of drug-likeness (QED) is 0.755. The minimum absolute atomic E-state index is 0.0361. The van der Waals surface area contributed by atoms with Gasteiger partial charge in [-0.1, -0.05) is 0 Å². The van der Waals surface area contributed by atoms with Gasteiger partial charge in [0.1, 0.15) is 0 Å². The van der Waals surface area contributed by atoms with Crippen LogP contribution in [-0.4, -0.2) is 41.3 Å². The van der Waals surface area contributed by atoms with Gasteiger partial charge in [-0.05, 0) is 24.6 Å². The van der Waals surface area contributed by atoms with Crippen molar-refractivity contribution < 1.29 is 19.8 Å². The van der Waals surface area contributed by atoms with Crippen LogP contribution >= 0.6 is 0 Å². The smallest absolute Gasteiger partial charge is 0.335 e. The number of hydrogen-bond donors (Lipinski definition) is 3. The number of carbonyl (C=O) groups is 2. The zero-order chi connectivity index (χ0) is 13.6. The number of benzene rings is 1. The molecule has 2 aliphatic rings. The van der Waals surface area contributed by atoms with Crippen LogP contribution in [-0.2, 0) is 4.79 Å². The first-order chi connectivity index (χ1) is 9.08. The first-order valence-electron chi connectivity index (χ1n) is 6.18. The number of aliphatic carboxylic acids is 1. The molecule has 2 atom stereocenters. The maximum atomic E-state index is 11.0. The largest absolute Gasteiger partial charge is 0.481 e. The molecule has 0 spiro atoms. The summed E-state index contributed by atoms with van der Waals surface area (Å²) in [6, 6.07) is 4.94. The van der Waals surface area contributed by atoms with E-state index in [9.17, 15) is 9.59 Å². The second kappa shape index (κ2) is 4.15. The number of carboxylic acid groups (broad SMARTS) is 2. The third-order valence-corrected chi connectivity index (χ3v) is 3.70. The molecule has 0 bridgehead atoms. The summed E-state index contributed by atoms with van der Waals surface area (Å²) in [5.74, 6) is -2.02. The molecule has 1 heterocycles. The number of aromatic carboxylic acids is 1. The third kappa shape index (κ3) is 1.99. The van der Waals surface area contributed by atoms with Crippen LogP contribution in [0.4, 0.5) is 11.4 Å². The molecule has 1 aromatic rings. The zero-order valence-electron chi connectivity index (χ0n) is 10.2. The maximum Gasteiger partial charge on any atom is 0.335 e. The van der Waals surface area contributed by atoms with Gasteiger partial charge in [-0.25, -0.2) is 4.79 Å². The third-order valence-electron chi connectivity index (χ3n) is 3.70. The summed E-state index contributed by atoms with van der Waals surface area (Å²) < 4.78 is 0. The molecular formula is C13H14N2O4. The summed E-state index contributed by atoms with van der Waals surface area (Å²) in [4.78, 5) is 24.0. The highest BCUT2D eigenvalue weighted by Gasteiger charge is 2.48. The highest BCUT2D eigenvalue weighted by molar-refractivity contribution is 5.91. The lowest BCUT2D eigenvalue weighted by atomic mass is 10.1. The minimum Gasteiger partial charge on any atom is -0.481 e. The molecule has 0 amide bonds. The van der Waals surface area contributed by atoms with Crippen molar-refractivity contribution in [3.63, 3.8) is 0 Å². The summed E-state index contributed by atoms with van der Waals surface area (Å²) in [7, 11) is 0. The standard InChI is InChI=1S/C13H14N2O4/c16-12(17)7-1-2-10-9(5-7)14-3-4-15(10)11-6-8(11)13(18)19/h1-2,5,8,11,14H,3-4,6H2,(H,16,17)(H,18,19). The summed E-state index contributed by atoms with van der Waals surface area (Å²) in [6.07, 6.45) is 0.662. The molecule has 6 nitrogen and oxygen atoms in total. The van der Waals surface area contributed by atoms with Crippen molar-refractivity contribution in [1.29, 1.82) is 0 Å². The molecule has 3 N–H and O–H groups in total. The van der Waals surface area contributed by atoms with Crippen molar-refractivity contribution in [2.24, 2.45) is 5.92 Å². The van der Waals surface area contributed by atoms with Crippen molar-refractivity contribution in [3.8, 4) is 0 Å². The number of carboxylic acids is 2. The SMILES string of the molecule is O=C(O)c1ccc2c(c1)NCCN2C1CC1C(=O)O. The average Bonchev–Trinajstić information content (AvgIpc) is 3.17. The van der Waals surface area contributed by atoms with Crippen LogP contribution < -0.4 is 10.2 Å². The Balaban J connectivity index is 1.89. The highest BCUT2D eigenvalue weighted by atomic mass is 16.4. The predicted molar refractivity (Wildman–Crippen MR) is 68.8 cm³/mol. The highest BCUT2D eigenvalue weighted by Crippen LogP contribution is 2.42. The van der Waals surface area contributed by atoms with Gasteiger partial charge in [-0.15, -0.1) is 0 Å². The molecule has 2 unspecified atom stereocenters. The van der Waals surface area contributed by atoms with Crippen LogP contribution in [0.2, 0.25) is 0 Å². The molecule has 0 saturated heterocycles. The van der Waals surface area contributed by atoms with Gasteiger partial charge in [0, 0.05) is 19.1 Å². The first kappa shape index (κ1) is 11.8. The van der Waals surface area contributed by atoms with E-state index in [1.165, 1.54) is 0 Å². The second-order valence-electron chi connectivity index (χ2n) is 4.91. The Morgan fingerprint density at radius 3 is 2.74 bits per heavy atom. The lowest BCUT2D eigenvalue weighted by Gasteiger charge is -2.32. The fraction of sp³-hybridized carbons (Fsp3) is 0.385. The summed E-state index contributed by atoms with van der Waals surface area (Å²) in [6.45, 7) is 1.44. The van der Waals surface area contributed by atoms with Crippen LogP contribution in [0.1, 0.15) is 16.8 Å². The molecule has 1 aromatic carbocycles. The molecule has 1 aliphatic carbocycles. The van der Waals surface area contributed by atoms with Gasteiger partial charge < -0.3 is 20.4 Å². The van der Waals surface area contributed by atoms with E-state index in [4.69, 9.17) is 10.2 Å². The number of anilines is 2. The molecular weight excluding hydrogens is 248 g/mol. The Labute approximate surface area is 109 Å². The van der Waals surface area contributed by atoms with Crippen LogP contribution in [0.5, 0.6) is 0 Å². The number of fused-ring (bicyclic) bond motifs is 1.